The fraction of sp³-hybridized carbons (Fsp3) is 0.762. The number of carboxylic acid groups (broad SMARTS) is 2. The molecule has 29 heavy (non-hydrogen) atoms. The number of hydrogen-bond acceptors (Lipinski definition) is 6. The van der Waals surface area contributed by atoms with E-state index < -0.39 is 18.5 Å². The molecule has 0 fully saturated rings. The fourth-order valence-electron chi connectivity index (χ4n) is 3.55. The van der Waals surface area contributed by atoms with Gasteiger partial charge in [-0.1, -0.05) is 64.7 Å². The first-order chi connectivity index (χ1) is 13.5. The SMILES string of the molecule is CCCCCCCCCCCCC1=NC=C[N+]1(CCOCC(=O)[O-])CC(=O)[O-].[Na+]. The van der Waals surface area contributed by atoms with E-state index in [2.05, 4.69) is 11.9 Å². The van der Waals surface area contributed by atoms with E-state index >= 15 is 0 Å². The van der Waals surface area contributed by atoms with Crippen molar-refractivity contribution in [1.29, 1.82) is 0 Å². The molecule has 1 atom stereocenters. The molecule has 0 spiro atoms. The van der Waals surface area contributed by atoms with E-state index in [9.17, 15) is 19.8 Å². The molecule has 0 aromatic carbocycles. The third kappa shape index (κ3) is 12.5. The van der Waals surface area contributed by atoms with Crippen molar-refractivity contribution >= 4 is 17.8 Å². The van der Waals surface area contributed by atoms with Gasteiger partial charge in [-0.2, -0.15) is 0 Å². The van der Waals surface area contributed by atoms with E-state index in [-0.39, 0.29) is 47.2 Å². The van der Waals surface area contributed by atoms with Crippen LogP contribution in [-0.4, -0.2) is 48.6 Å². The first-order valence-electron chi connectivity index (χ1n) is 10.6. The van der Waals surface area contributed by atoms with Gasteiger partial charge in [-0.05, 0) is 6.42 Å². The van der Waals surface area contributed by atoms with Crippen LogP contribution >= 0.6 is 0 Å². The Balaban J connectivity index is 0.00000784. The molecular formula is C21H35N2NaO5. The van der Waals surface area contributed by atoms with Crippen LogP contribution in [0.1, 0.15) is 77.6 Å². The number of carboxylic acids is 2. The number of quaternary nitrogens is 1. The predicted molar refractivity (Wildman–Crippen MR) is 104 cm³/mol. The molecular weight excluding hydrogens is 383 g/mol. The zero-order valence-electron chi connectivity index (χ0n) is 18.2. The molecule has 0 aromatic rings. The molecule has 1 unspecified atom stereocenters. The standard InChI is InChI=1S/C21H36N2O5.Na/c1-2-3-4-5-6-7-8-9-10-11-12-19-22-13-14-23(19,17-20(24)25)15-16-28-18-21(26)27;/h13-14H,2-12,15-18H2,1H3,(H-,24,25,26,27);/q;+1/p-1. The van der Waals surface area contributed by atoms with Crippen LogP contribution in [0.25, 0.3) is 0 Å². The van der Waals surface area contributed by atoms with E-state index in [1.807, 2.05) is 0 Å². The topological polar surface area (TPSA) is 102 Å². The average Bonchev–Trinajstić information content (AvgIpc) is 3.02. The second-order valence-corrected chi connectivity index (χ2v) is 7.49. The van der Waals surface area contributed by atoms with Crippen molar-refractivity contribution in [3.63, 3.8) is 0 Å². The van der Waals surface area contributed by atoms with Crippen LogP contribution in [0.3, 0.4) is 0 Å². The van der Waals surface area contributed by atoms with Gasteiger partial charge in [0, 0.05) is 6.42 Å². The Morgan fingerprint density at radius 2 is 1.55 bits per heavy atom. The van der Waals surface area contributed by atoms with Crippen LogP contribution in [0.2, 0.25) is 0 Å². The van der Waals surface area contributed by atoms with Gasteiger partial charge in [-0.3, -0.25) is 0 Å². The first kappa shape index (κ1) is 28.3. The first-order valence-corrected chi connectivity index (χ1v) is 10.6. The minimum Gasteiger partial charge on any atom is -0.548 e. The normalized spacial score (nSPS) is 17.8. The molecule has 1 rings (SSSR count). The average molecular weight is 419 g/mol. The van der Waals surface area contributed by atoms with Crippen molar-refractivity contribution in [2.75, 3.05) is 26.3 Å². The second-order valence-electron chi connectivity index (χ2n) is 7.49. The van der Waals surface area contributed by atoms with E-state index in [1.165, 1.54) is 51.4 Å². The molecule has 0 aromatic heterocycles. The Morgan fingerprint density at radius 1 is 0.966 bits per heavy atom. The minimum atomic E-state index is -1.29. The number of amidine groups is 1. The van der Waals surface area contributed by atoms with Crippen molar-refractivity contribution in [1.82, 2.24) is 0 Å². The monoisotopic (exact) mass is 418 g/mol. The molecule has 1 heterocycles. The summed E-state index contributed by atoms with van der Waals surface area (Å²) in [6, 6.07) is 0. The number of aliphatic carboxylic acids is 2. The molecule has 7 nitrogen and oxygen atoms in total. The zero-order chi connectivity index (χ0) is 20.7. The van der Waals surface area contributed by atoms with Crippen LogP contribution in [0, 0.1) is 0 Å². The molecule has 0 saturated carbocycles. The van der Waals surface area contributed by atoms with Gasteiger partial charge in [0.2, 0.25) is 5.84 Å². The number of carbonyl (C=O) groups is 2. The fourth-order valence-corrected chi connectivity index (χ4v) is 3.55. The third-order valence-electron chi connectivity index (χ3n) is 5.11. The van der Waals surface area contributed by atoms with Gasteiger partial charge in [0.05, 0.1) is 31.4 Å². The summed E-state index contributed by atoms with van der Waals surface area (Å²) in [5.41, 5.74) is 0. The maximum Gasteiger partial charge on any atom is 1.00 e. The quantitative estimate of drug-likeness (QED) is 0.153. The number of hydrogen-bond donors (Lipinski definition) is 0. The minimum absolute atomic E-state index is 0. The summed E-state index contributed by atoms with van der Waals surface area (Å²) in [5, 5.41) is 21.7. The van der Waals surface area contributed by atoms with Crippen LogP contribution in [0.5, 0.6) is 0 Å². The Hall–Kier alpha value is -0.730. The second kappa shape index (κ2) is 17.0. The van der Waals surface area contributed by atoms with Gasteiger partial charge in [-0.15, -0.1) is 0 Å². The number of nitrogens with zero attached hydrogens (tertiary/aromatic N) is 2. The maximum absolute atomic E-state index is 11.2. The summed E-state index contributed by atoms with van der Waals surface area (Å²) >= 11 is 0. The zero-order valence-corrected chi connectivity index (χ0v) is 20.2. The van der Waals surface area contributed by atoms with E-state index in [4.69, 9.17) is 4.74 Å². The Kier molecular flexibility index (Phi) is 16.6. The molecule has 0 radical (unpaired) electrons. The van der Waals surface area contributed by atoms with Gasteiger partial charge in [-0.25, -0.2) is 9.48 Å². The summed E-state index contributed by atoms with van der Waals surface area (Å²) in [7, 11) is 0. The summed E-state index contributed by atoms with van der Waals surface area (Å²) in [4.78, 5) is 26.0. The number of aliphatic imine (C=N–C) groups is 1. The van der Waals surface area contributed by atoms with Crippen LogP contribution in [0.4, 0.5) is 0 Å². The number of carbonyl (C=O) groups excluding carboxylic acids is 2. The van der Waals surface area contributed by atoms with Gasteiger partial charge in [0.25, 0.3) is 0 Å². The van der Waals surface area contributed by atoms with Crippen LogP contribution in [-0.2, 0) is 14.3 Å². The Labute approximate surface area is 197 Å². The molecule has 0 amide bonds. The largest absolute Gasteiger partial charge is 1.00 e. The number of rotatable bonds is 18. The Bertz CT molecular complexity index is 539. The van der Waals surface area contributed by atoms with Crippen molar-refractivity contribution in [3.8, 4) is 0 Å². The molecule has 8 heteroatoms. The van der Waals surface area contributed by atoms with Gasteiger partial charge < -0.3 is 24.5 Å². The van der Waals surface area contributed by atoms with E-state index in [1.54, 1.807) is 12.4 Å². The van der Waals surface area contributed by atoms with Gasteiger partial charge >= 0.3 is 29.6 Å². The van der Waals surface area contributed by atoms with Gasteiger partial charge in [0.15, 0.2) is 0 Å². The van der Waals surface area contributed by atoms with E-state index in [0.717, 1.165) is 25.1 Å². The molecule has 1 aliphatic rings. The van der Waals surface area contributed by atoms with E-state index in [0.29, 0.717) is 6.54 Å². The smallest absolute Gasteiger partial charge is 0.548 e. The van der Waals surface area contributed by atoms with Crippen molar-refractivity contribution in [3.05, 3.63) is 12.4 Å². The maximum atomic E-state index is 11.2. The summed E-state index contributed by atoms with van der Waals surface area (Å²) < 4.78 is 5.09. The molecule has 0 bridgehead atoms. The summed E-state index contributed by atoms with van der Waals surface area (Å²) in [6.45, 7) is 1.93. The van der Waals surface area contributed by atoms with Crippen molar-refractivity contribution < 1.29 is 58.6 Å². The van der Waals surface area contributed by atoms with Crippen molar-refractivity contribution in [2.45, 2.75) is 77.6 Å². The number of ether oxygens (including phenoxy) is 1. The summed E-state index contributed by atoms with van der Waals surface area (Å²) in [6.07, 6.45) is 16.4. The molecule has 0 saturated heterocycles. The molecule has 0 aliphatic carbocycles. The van der Waals surface area contributed by atoms with Gasteiger partial charge in [0.1, 0.15) is 19.3 Å². The molecule has 0 N–H and O–H groups in total. The third-order valence-corrected chi connectivity index (χ3v) is 5.11. The van der Waals surface area contributed by atoms with Crippen molar-refractivity contribution in [2.24, 2.45) is 4.99 Å². The predicted octanol–water partition coefficient (Wildman–Crippen LogP) is -1.48. The van der Waals surface area contributed by atoms with Crippen LogP contribution < -0.4 is 39.8 Å². The number of unbranched alkanes of at least 4 members (excludes halogenated alkanes) is 9. The summed E-state index contributed by atoms with van der Waals surface area (Å²) in [5.74, 6) is -1.68. The molecule has 160 valence electrons. The van der Waals surface area contributed by atoms with Crippen LogP contribution in [0.15, 0.2) is 17.4 Å². The molecule has 1 aliphatic heterocycles. The Morgan fingerprint density at radius 3 is 2.10 bits per heavy atom.